The van der Waals surface area contributed by atoms with Gasteiger partial charge in [-0.1, -0.05) is 18.2 Å². The fourth-order valence-electron chi connectivity index (χ4n) is 9.42. The van der Waals surface area contributed by atoms with Gasteiger partial charge in [-0.2, -0.15) is 0 Å². The first-order valence-corrected chi connectivity index (χ1v) is 17.6. The van der Waals surface area contributed by atoms with Gasteiger partial charge in [-0.3, -0.25) is 4.79 Å². The van der Waals surface area contributed by atoms with Gasteiger partial charge in [0.05, 0.1) is 5.56 Å². The van der Waals surface area contributed by atoms with Crippen LogP contribution in [0.1, 0.15) is 85.3 Å². The summed E-state index contributed by atoms with van der Waals surface area (Å²) in [7, 11) is -1.59. The minimum atomic E-state index is -1.59. The Morgan fingerprint density at radius 1 is 0.735 bits per heavy atom. The van der Waals surface area contributed by atoms with Crippen LogP contribution in [0.25, 0.3) is 0 Å². The Balaban J connectivity index is 1.16. The zero-order chi connectivity index (χ0) is 33.0. The number of esters is 1. The Bertz CT molecular complexity index is 2030. The highest BCUT2D eigenvalue weighted by atomic mass is 16.6. The van der Waals surface area contributed by atoms with E-state index < -0.39 is 18.7 Å². The number of hydrogen-bond donors (Lipinski definition) is 3. The van der Waals surface area contributed by atoms with Crippen molar-refractivity contribution in [3.05, 3.63) is 105 Å². The van der Waals surface area contributed by atoms with Crippen molar-refractivity contribution in [1.29, 1.82) is 0 Å². The van der Waals surface area contributed by atoms with Crippen molar-refractivity contribution >= 4 is 41.5 Å². The highest BCUT2D eigenvalue weighted by molar-refractivity contribution is 6.58. The Morgan fingerprint density at radius 2 is 1.31 bits per heavy atom. The van der Waals surface area contributed by atoms with E-state index in [9.17, 15) is 19.6 Å². The number of aryl methyl sites for hydroxylation is 2. The second kappa shape index (κ2) is 10.6. The molecule has 0 saturated heterocycles. The summed E-state index contributed by atoms with van der Waals surface area (Å²) in [5.74, 6) is 0.839. The highest BCUT2D eigenvalue weighted by Gasteiger charge is 2.56. The summed E-state index contributed by atoms with van der Waals surface area (Å²) in [5, 5.41) is 21.7. The van der Waals surface area contributed by atoms with Crippen LogP contribution in [0.5, 0.6) is 11.5 Å². The molecule has 0 radical (unpaired) electrons. The molecule has 10 heteroatoms. The van der Waals surface area contributed by atoms with Crippen LogP contribution in [0, 0.1) is 0 Å². The number of benzene rings is 4. The highest BCUT2D eigenvalue weighted by Crippen LogP contribution is 2.62. The number of hydrogen-bond acceptors (Lipinski definition) is 8. The molecule has 3 N–H and O–H groups in total. The zero-order valence-corrected chi connectivity index (χ0v) is 27.2. The first-order chi connectivity index (χ1) is 23.9. The summed E-state index contributed by atoms with van der Waals surface area (Å²) < 4.78 is 13.9. The SMILES string of the molecule is O=C(Nc1ccc(B(O)O)cc1)c1ccc2c(c1)C(=O)OC21c2cc3c4c(c2Oc2c1cc1c5c2CCCN5CCC1)CCCN4CCC3. The minimum absolute atomic E-state index is 0.326. The van der Waals surface area contributed by atoms with Gasteiger partial charge in [0.1, 0.15) is 11.5 Å². The van der Waals surface area contributed by atoms with Crippen LogP contribution in [0.2, 0.25) is 0 Å². The van der Waals surface area contributed by atoms with E-state index in [1.807, 2.05) is 6.07 Å². The van der Waals surface area contributed by atoms with Crippen molar-refractivity contribution in [3.8, 4) is 11.5 Å². The van der Waals surface area contributed by atoms with Gasteiger partial charge in [0.2, 0.25) is 0 Å². The van der Waals surface area contributed by atoms with Gasteiger partial charge < -0.3 is 34.6 Å². The van der Waals surface area contributed by atoms with Crippen molar-refractivity contribution in [2.24, 2.45) is 0 Å². The molecule has 1 amide bonds. The van der Waals surface area contributed by atoms with E-state index in [2.05, 4.69) is 27.2 Å². The lowest BCUT2D eigenvalue weighted by Gasteiger charge is -2.45. The molecule has 4 aromatic carbocycles. The second-order valence-electron chi connectivity index (χ2n) is 14.3. The molecule has 4 aromatic rings. The van der Waals surface area contributed by atoms with Crippen molar-refractivity contribution < 1.29 is 29.1 Å². The number of carbonyl (C=O) groups is 2. The van der Waals surface area contributed by atoms with Crippen molar-refractivity contribution in [3.63, 3.8) is 0 Å². The Labute approximate surface area is 284 Å². The maximum Gasteiger partial charge on any atom is 0.488 e. The number of carbonyl (C=O) groups excluding carboxylic acids is 2. The Kier molecular flexibility index (Phi) is 6.31. The van der Waals surface area contributed by atoms with Crippen molar-refractivity contribution in [1.82, 2.24) is 0 Å². The fourth-order valence-corrected chi connectivity index (χ4v) is 9.42. The lowest BCUT2D eigenvalue weighted by molar-refractivity contribution is 0.0222. The third-order valence-electron chi connectivity index (χ3n) is 11.5. The van der Waals surface area contributed by atoms with Gasteiger partial charge in [-0.25, -0.2) is 4.79 Å². The second-order valence-corrected chi connectivity index (χ2v) is 14.3. The van der Waals surface area contributed by atoms with Gasteiger partial charge in [0.15, 0.2) is 5.60 Å². The zero-order valence-electron chi connectivity index (χ0n) is 27.2. The maximum absolute atomic E-state index is 14.1. The molecule has 0 fully saturated rings. The molecule has 9 nitrogen and oxygen atoms in total. The van der Waals surface area contributed by atoms with Gasteiger partial charge in [0, 0.05) is 76.6 Å². The van der Waals surface area contributed by atoms with Gasteiger partial charge in [0.25, 0.3) is 5.91 Å². The van der Waals surface area contributed by atoms with E-state index in [-0.39, 0.29) is 5.91 Å². The largest absolute Gasteiger partial charge is 0.488 e. The predicted molar refractivity (Wildman–Crippen MR) is 187 cm³/mol. The van der Waals surface area contributed by atoms with Crippen LogP contribution in [-0.4, -0.2) is 55.2 Å². The standard InChI is InChI=1S/C39H36BN3O6/c44-37(41-26-12-10-25(11-13-26)40(46)47)24-9-14-30-29(19-24)38(45)49-39(30)31-20-22-5-1-15-42-17-3-7-27(33(22)42)35(31)48-36-28-8-4-18-43-16-2-6-23(34(28)43)21-32(36)39/h9-14,19-21,46-47H,1-8,15-18H2,(H,41,44). The number of fused-ring (bicyclic) bond motifs is 8. The van der Waals surface area contributed by atoms with Crippen molar-refractivity contribution in [2.75, 3.05) is 41.3 Å². The number of rotatable bonds is 3. The summed E-state index contributed by atoms with van der Waals surface area (Å²) in [4.78, 5) is 32.7. The third kappa shape index (κ3) is 4.13. The molecule has 0 aliphatic carbocycles. The van der Waals surface area contributed by atoms with Gasteiger partial charge >= 0.3 is 13.1 Å². The number of ether oxygens (including phenoxy) is 2. The molecule has 0 bridgehead atoms. The number of nitrogens with zero attached hydrogens (tertiary/aromatic N) is 2. The molecule has 0 aromatic heterocycles. The molecular weight excluding hydrogens is 617 g/mol. The van der Waals surface area contributed by atoms with E-state index in [0.717, 1.165) is 106 Å². The van der Waals surface area contributed by atoms with E-state index >= 15 is 0 Å². The summed E-state index contributed by atoms with van der Waals surface area (Å²) >= 11 is 0. The molecule has 6 aliphatic heterocycles. The van der Waals surface area contributed by atoms with Crippen LogP contribution < -0.4 is 25.3 Å². The third-order valence-corrected chi connectivity index (χ3v) is 11.5. The van der Waals surface area contributed by atoms with Gasteiger partial charge in [-0.15, -0.1) is 0 Å². The molecule has 6 aliphatic rings. The number of nitrogens with one attached hydrogen (secondary N) is 1. The fraction of sp³-hybridized carbons (Fsp3) is 0.333. The molecule has 6 heterocycles. The molecular formula is C39H36BN3O6. The normalized spacial score (nSPS) is 18.8. The van der Waals surface area contributed by atoms with Gasteiger partial charge in [-0.05, 0) is 104 Å². The number of anilines is 3. The first-order valence-electron chi connectivity index (χ1n) is 17.6. The number of amides is 1. The van der Waals surface area contributed by atoms with Crippen LogP contribution in [0.4, 0.5) is 17.1 Å². The average molecular weight is 654 g/mol. The maximum atomic E-state index is 14.1. The van der Waals surface area contributed by atoms with Crippen LogP contribution in [-0.2, 0) is 36.0 Å². The summed E-state index contributed by atoms with van der Waals surface area (Å²) in [6.07, 6.45) is 8.04. The molecule has 1 spiro atoms. The lowest BCUT2D eigenvalue weighted by atomic mass is 9.72. The minimum Gasteiger partial charge on any atom is -0.456 e. The molecule has 0 saturated carbocycles. The lowest BCUT2D eigenvalue weighted by Crippen LogP contribution is -2.40. The predicted octanol–water partition coefficient (Wildman–Crippen LogP) is 4.58. The topological polar surface area (TPSA) is 112 Å². The average Bonchev–Trinajstić information content (AvgIpc) is 3.41. The molecule has 246 valence electrons. The van der Waals surface area contributed by atoms with Crippen molar-refractivity contribution in [2.45, 2.75) is 57.0 Å². The molecule has 0 atom stereocenters. The summed E-state index contributed by atoms with van der Waals surface area (Å²) in [6, 6.07) is 16.1. The monoisotopic (exact) mass is 653 g/mol. The smallest absolute Gasteiger partial charge is 0.456 e. The van der Waals surface area contributed by atoms with Crippen LogP contribution >= 0.6 is 0 Å². The summed E-state index contributed by atoms with van der Waals surface area (Å²) in [6.45, 7) is 4.18. The quantitative estimate of drug-likeness (QED) is 0.218. The Hall–Kier alpha value is -4.80. The van der Waals surface area contributed by atoms with Crippen LogP contribution in [0.3, 0.4) is 0 Å². The molecule has 0 unspecified atom stereocenters. The molecule has 49 heavy (non-hydrogen) atoms. The van der Waals surface area contributed by atoms with Crippen LogP contribution in [0.15, 0.2) is 54.6 Å². The Morgan fingerprint density at radius 3 is 1.88 bits per heavy atom. The van der Waals surface area contributed by atoms with E-state index in [1.165, 1.54) is 33.6 Å². The van der Waals surface area contributed by atoms with E-state index in [4.69, 9.17) is 9.47 Å². The summed E-state index contributed by atoms with van der Waals surface area (Å²) in [5.41, 5.74) is 10.5. The first kappa shape index (κ1) is 29.1. The molecule has 10 rings (SSSR count). The van der Waals surface area contributed by atoms with E-state index in [1.54, 1.807) is 36.4 Å². The van der Waals surface area contributed by atoms with E-state index in [0.29, 0.717) is 22.3 Å².